The van der Waals surface area contributed by atoms with Gasteiger partial charge in [-0.1, -0.05) is 6.92 Å². The first-order valence-corrected chi connectivity index (χ1v) is 8.65. The topological polar surface area (TPSA) is 21.3 Å². The van der Waals surface area contributed by atoms with Crippen molar-refractivity contribution in [2.75, 3.05) is 19.8 Å². The highest BCUT2D eigenvalue weighted by molar-refractivity contribution is 7.10. The highest BCUT2D eigenvalue weighted by atomic mass is 32.1. The molecule has 0 radical (unpaired) electrons. The van der Waals surface area contributed by atoms with Crippen molar-refractivity contribution in [2.45, 2.75) is 51.0 Å². The monoisotopic (exact) mass is 279 g/mol. The number of fused-ring (bicyclic) bond motifs is 1. The predicted octanol–water partition coefficient (Wildman–Crippen LogP) is 3.57. The SMILES string of the molecule is CCNC(C1CCCOC1)C1CCCc2sccc21. The summed E-state index contributed by atoms with van der Waals surface area (Å²) in [4.78, 5) is 1.64. The second-order valence-corrected chi connectivity index (χ2v) is 6.86. The van der Waals surface area contributed by atoms with E-state index in [2.05, 4.69) is 23.7 Å². The van der Waals surface area contributed by atoms with E-state index in [0.717, 1.165) is 19.8 Å². The van der Waals surface area contributed by atoms with Crippen LogP contribution in [0.5, 0.6) is 0 Å². The normalized spacial score (nSPS) is 28.9. The van der Waals surface area contributed by atoms with Crippen molar-refractivity contribution in [3.05, 3.63) is 21.9 Å². The van der Waals surface area contributed by atoms with Crippen LogP contribution in [0.4, 0.5) is 0 Å². The van der Waals surface area contributed by atoms with Crippen LogP contribution < -0.4 is 5.32 Å². The van der Waals surface area contributed by atoms with Gasteiger partial charge in [0.15, 0.2) is 0 Å². The van der Waals surface area contributed by atoms with Crippen LogP contribution in [0.25, 0.3) is 0 Å². The van der Waals surface area contributed by atoms with Crippen molar-refractivity contribution in [3.63, 3.8) is 0 Å². The summed E-state index contributed by atoms with van der Waals surface area (Å²) in [5.41, 5.74) is 1.63. The van der Waals surface area contributed by atoms with Crippen molar-refractivity contribution in [2.24, 2.45) is 5.92 Å². The van der Waals surface area contributed by atoms with Crippen LogP contribution in [0, 0.1) is 5.92 Å². The maximum atomic E-state index is 5.73. The molecular weight excluding hydrogens is 254 g/mol. The number of likely N-dealkylation sites (N-methyl/N-ethyl adjacent to an activating group) is 1. The zero-order valence-electron chi connectivity index (χ0n) is 11.9. The summed E-state index contributed by atoms with van der Waals surface area (Å²) in [5.74, 6) is 1.41. The van der Waals surface area contributed by atoms with Gasteiger partial charge in [-0.25, -0.2) is 0 Å². The Balaban J connectivity index is 1.80. The lowest BCUT2D eigenvalue weighted by Gasteiger charge is -2.38. The Kier molecular flexibility index (Phi) is 4.57. The lowest BCUT2D eigenvalue weighted by molar-refractivity contribution is 0.0339. The molecule has 2 heterocycles. The minimum Gasteiger partial charge on any atom is -0.381 e. The number of thiophene rings is 1. The van der Waals surface area contributed by atoms with E-state index in [1.54, 1.807) is 10.4 Å². The van der Waals surface area contributed by atoms with Gasteiger partial charge in [-0.2, -0.15) is 0 Å². The van der Waals surface area contributed by atoms with Gasteiger partial charge in [0, 0.05) is 23.4 Å². The summed E-state index contributed by atoms with van der Waals surface area (Å²) >= 11 is 1.95. The Morgan fingerprint density at radius 2 is 2.37 bits per heavy atom. The van der Waals surface area contributed by atoms with Gasteiger partial charge >= 0.3 is 0 Å². The summed E-state index contributed by atoms with van der Waals surface area (Å²) in [6.45, 7) is 5.21. The van der Waals surface area contributed by atoms with Crippen molar-refractivity contribution in [1.29, 1.82) is 0 Å². The van der Waals surface area contributed by atoms with E-state index < -0.39 is 0 Å². The van der Waals surface area contributed by atoms with E-state index in [-0.39, 0.29) is 0 Å². The summed E-state index contributed by atoms with van der Waals surface area (Å²) in [7, 11) is 0. The molecule has 0 saturated carbocycles. The van der Waals surface area contributed by atoms with Crippen LogP contribution in [0.3, 0.4) is 0 Å². The third-order valence-corrected chi connectivity index (χ3v) is 5.67. The highest BCUT2D eigenvalue weighted by Crippen LogP contribution is 2.40. The first-order chi connectivity index (χ1) is 9.40. The zero-order valence-corrected chi connectivity index (χ0v) is 12.7. The lowest BCUT2D eigenvalue weighted by Crippen LogP contribution is -2.45. The largest absolute Gasteiger partial charge is 0.381 e. The van der Waals surface area contributed by atoms with E-state index in [9.17, 15) is 0 Å². The van der Waals surface area contributed by atoms with Gasteiger partial charge < -0.3 is 10.1 Å². The molecule has 1 fully saturated rings. The Morgan fingerprint density at radius 3 is 3.16 bits per heavy atom. The van der Waals surface area contributed by atoms with Crippen molar-refractivity contribution in [3.8, 4) is 0 Å². The van der Waals surface area contributed by atoms with Gasteiger partial charge in [-0.15, -0.1) is 11.3 Å². The molecule has 1 saturated heterocycles. The van der Waals surface area contributed by atoms with E-state index in [4.69, 9.17) is 4.74 Å². The molecule has 2 nitrogen and oxygen atoms in total. The molecule has 3 heteroatoms. The third kappa shape index (κ3) is 2.88. The van der Waals surface area contributed by atoms with Gasteiger partial charge in [0.25, 0.3) is 0 Å². The highest BCUT2D eigenvalue weighted by Gasteiger charge is 2.34. The Hall–Kier alpha value is -0.380. The van der Waals surface area contributed by atoms with Gasteiger partial charge in [0.05, 0.1) is 6.61 Å². The van der Waals surface area contributed by atoms with Crippen LogP contribution in [0.2, 0.25) is 0 Å². The molecule has 19 heavy (non-hydrogen) atoms. The number of hydrogen-bond donors (Lipinski definition) is 1. The molecule has 1 aliphatic heterocycles. The van der Waals surface area contributed by atoms with E-state index in [1.807, 2.05) is 11.3 Å². The standard InChI is InChI=1S/C16H25NOS/c1-2-17-16(12-5-4-9-18-11-12)14-6-3-7-15-13(14)8-10-19-15/h8,10,12,14,16-17H,2-7,9,11H2,1H3. The van der Waals surface area contributed by atoms with Gasteiger partial charge in [0.2, 0.25) is 0 Å². The summed E-state index contributed by atoms with van der Waals surface area (Å²) in [6.07, 6.45) is 6.55. The Labute approximate surface area is 120 Å². The van der Waals surface area contributed by atoms with Gasteiger partial charge in [-0.05, 0) is 61.6 Å². The number of rotatable bonds is 4. The average Bonchev–Trinajstić information content (AvgIpc) is 2.94. The minimum absolute atomic E-state index is 0.610. The smallest absolute Gasteiger partial charge is 0.0509 e. The zero-order chi connectivity index (χ0) is 13.1. The second kappa shape index (κ2) is 6.38. The maximum Gasteiger partial charge on any atom is 0.0509 e. The van der Waals surface area contributed by atoms with Crippen LogP contribution in [-0.4, -0.2) is 25.8 Å². The molecule has 3 rings (SSSR count). The number of ether oxygens (including phenoxy) is 1. The molecule has 3 atom stereocenters. The quantitative estimate of drug-likeness (QED) is 0.909. The molecule has 1 aromatic heterocycles. The van der Waals surface area contributed by atoms with Gasteiger partial charge in [-0.3, -0.25) is 0 Å². The number of aryl methyl sites for hydroxylation is 1. The first kappa shape index (κ1) is 13.6. The van der Waals surface area contributed by atoms with Crippen molar-refractivity contribution < 1.29 is 4.74 Å². The van der Waals surface area contributed by atoms with Crippen LogP contribution in [-0.2, 0) is 11.2 Å². The van der Waals surface area contributed by atoms with Crippen molar-refractivity contribution >= 4 is 11.3 Å². The predicted molar refractivity (Wildman–Crippen MR) is 81.0 cm³/mol. The first-order valence-electron chi connectivity index (χ1n) is 7.77. The Bertz CT molecular complexity index is 397. The minimum atomic E-state index is 0.610. The second-order valence-electron chi connectivity index (χ2n) is 5.86. The molecular formula is C16H25NOS. The average molecular weight is 279 g/mol. The van der Waals surface area contributed by atoms with E-state index in [0.29, 0.717) is 17.9 Å². The van der Waals surface area contributed by atoms with Crippen LogP contribution >= 0.6 is 11.3 Å². The molecule has 0 amide bonds. The molecule has 3 unspecified atom stereocenters. The fraction of sp³-hybridized carbons (Fsp3) is 0.750. The molecule has 0 aromatic carbocycles. The molecule has 1 N–H and O–H groups in total. The molecule has 1 aliphatic carbocycles. The fourth-order valence-corrected chi connectivity index (χ4v) is 4.81. The Morgan fingerprint density at radius 1 is 1.42 bits per heavy atom. The summed E-state index contributed by atoms with van der Waals surface area (Å²) in [6, 6.07) is 2.98. The lowest BCUT2D eigenvalue weighted by atomic mass is 9.76. The van der Waals surface area contributed by atoms with Crippen LogP contribution in [0.1, 0.15) is 49.0 Å². The molecule has 106 valence electrons. The van der Waals surface area contributed by atoms with E-state index in [1.165, 1.54) is 32.1 Å². The van der Waals surface area contributed by atoms with E-state index >= 15 is 0 Å². The molecule has 0 bridgehead atoms. The van der Waals surface area contributed by atoms with Gasteiger partial charge in [0.1, 0.15) is 0 Å². The fourth-order valence-electron chi connectivity index (χ4n) is 3.82. The third-order valence-electron chi connectivity index (χ3n) is 4.68. The van der Waals surface area contributed by atoms with Crippen molar-refractivity contribution in [1.82, 2.24) is 5.32 Å². The molecule has 0 spiro atoms. The number of hydrogen-bond acceptors (Lipinski definition) is 3. The summed E-state index contributed by atoms with van der Waals surface area (Å²) < 4.78 is 5.73. The van der Waals surface area contributed by atoms with Crippen LogP contribution in [0.15, 0.2) is 11.4 Å². The maximum absolute atomic E-state index is 5.73. The summed E-state index contributed by atoms with van der Waals surface area (Å²) in [5, 5.41) is 6.06. The molecule has 1 aromatic rings. The molecule has 2 aliphatic rings. The number of nitrogens with one attached hydrogen (secondary N) is 1.